The Balaban J connectivity index is 0.000000234. The van der Waals surface area contributed by atoms with Crippen molar-refractivity contribution >= 4 is 0 Å². The highest BCUT2D eigenvalue weighted by molar-refractivity contribution is 5.12. The first-order valence-electron chi connectivity index (χ1n) is 21.5. The van der Waals surface area contributed by atoms with Crippen LogP contribution in [0.3, 0.4) is 0 Å². The third-order valence-corrected chi connectivity index (χ3v) is 11.3. The topological polar surface area (TPSA) is 59.1 Å². The van der Waals surface area contributed by atoms with Crippen molar-refractivity contribution in [2.24, 2.45) is 5.41 Å². The van der Waals surface area contributed by atoms with Crippen LogP contribution in [0.1, 0.15) is 137 Å². The Bertz CT molecular complexity index is 1010. The highest BCUT2D eigenvalue weighted by Gasteiger charge is 2.37. The van der Waals surface area contributed by atoms with Gasteiger partial charge in [-0.2, -0.15) is 0 Å². The van der Waals surface area contributed by atoms with Gasteiger partial charge in [0.15, 0.2) is 0 Å². The molecule has 6 aliphatic heterocycles. The molecule has 9 heteroatoms. The maximum Gasteiger partial charge on any atom is 0.0707 e. The van der Waals surface area contributed by atoms with E-state index in [-0.39, 0.29) is 0 Å². The fourth-order valence-electron chi connectivity index (χ4n) is 8.05. The molecule has 320 valence electrons. The predicted molar refractivity (Wildman–Crippen MR) is 228 cm³/mol. The Kier molecular flexibility index (Phi) is 20.1. The van der Waals surface area contributed by atoms with Crippen LogP contribution < -0.4 is 0 Å². The van der Waals surface area contributed by atoms with E-state index in [1.165, 1.54) is 12.8 Å². The van der Waals surface area contributed by atoms with Gasteiger partial charge in [-0.05, 0) is 122 Å². The Morgan fingerprint density at radius 3 is 1.20 bits per heavy atom. The molecule has 6 rings (SSSR count). The third-order valence-electron chi connectivity index (χ3n) is 11.3. The van der Waals surface area contributed by atoms with Crippen LogP contribution in [0.4, 0.5) is 0 Å². The maximum absolute atomic E-state index is 5.78. The van der Waals surface area contributed by atoms with Gasteiger partial charge in [0.25, 0.3) is 0 Å². The van der Waals surface area contributed by atoms with Gasteiger partial charge in [0, 0.05) is 73.5 Å². The van der Waals surface area contributed by atoms with Gasteiger partial charge in [0.2, 0.25) is 0 Å². The minimum absolute atomic E-state index is 0.295. The molecule has 9 nitrogen and oxygen atoms in total. The summed E-state index contributed by atoms with van der Waals surface area (Å²) in [4.78, 5) is 10.0. The van der Waals surface area contributed by atoms with E-state index in [1.54, 1.807) is 5.57 Å². The fraction of sp³-hybridized carbons (Fsp3) is 0.956. The highest BCUT2D eigenvalue weighted by atomic mass is 16.5. The van der Waals surface area contributed by atoms with E-state index in [1.807, 2.05) is 0 Å². The summed E-state index contributed by atoms with van der Waals surface area (Å²) < 4.78 is 27.0. The summed E-state index contributed by atoms with van der Waals surface area (Å²) in [5.41, 5.74) is 3.13. The number of hydrogen-bond donors (Lipinski definition) is 0. The molecule has 0 radical (unpaired) electrons. The van der Waals surface area contributed by atoms with Gasteiger partial charge in [-0.1, -0.05) is 32.4 Å². The Morgan fingerprint density at radius 1 is 0.500 bits per heavy atom. The minimum atomic E-state index is 0.295. The summed E-state index contributed by atoms with van der Waals surface area (Å²) in [7, 11) is 0. The standard InChI is InChI=1S/C10H19NO.2C9H19NO.C9H16O.C8H17NO/c1-10(2,3)11-6-8-4-5-9(7-11)12-8;2*1-8-7-11-6-5-10(8)9(2,3)4;1-9(2,3)8-4-6-10-7-5-8;1-8(2,3)9-4-6-10-7-5-9/h8-9H,4-7H2,1-3H3;2*8H,5-7H2,1-4H3;4H,5-7H2,1-3H3;4-7H2,1-3H3/t;2*8-;;/m.10../s1. The Morgan fingerprint density at radius 2 is 0.926 bits per heavy atom. The number of morpholine rings is 4. The molecule has 2 unspecified atom stereocenters. The lowest BCUT2D eigenvalue weighted by molar-refractivity contribution is -0.0668. The number of hydrogen-bond acceptors (Lipinski definition) is 9. The lowest BCUT2D eigenvalue weighted by Crippen LogP contribution is -2.53. The Hall–Kier alpha value is -0.620. The van der Waals surface area contributed by atoms with Crippen LogP contribution in [0.5, 0.6) is 0 Å². The number of ether oxygens (including phenoxy) is 5. The molecule has 4 atom stereocenters. The second kappa shape index (κ2) is 21.9. The number of nitrogens with zero attached hydrogens (tertiary/aromatic N) is 4. The van der Waals surface area contributed by atoms with Crippen molar-refractivity contribution in [2.45, 2.75) is 183 Å². The molecule has 0 aliphatic carbocycles. The van der Waals surface area contributed by atoms with E-state index < -0.39 is 0 Å². The molecule has 2 bridgehead atoms. The zero-order valence-electron chi connectivity index (χ0n) is 38.7. The quantitative estimate of drug-likeness (QED) is 0.228. The molecule has 0 N–H and O–H groups in total. The van der Waals surface area contributed by atoms with E-state index in [9.17, 15) is 0 Å². The van der Waals surface area contributed by atoms with Gasteiger partial charge >= 0.3 is 0 Å². The monoisotopic (exact) mass is 767 g/mol. The van der Waals surface area contributed by atoms with Crippen LogP contribution >= 0.6 is 0 Å². The summed E-state index contributed by atoms with van der Waals surface area (Å²) in [6.45, 7) is 52.1. The lowest BCUT2D eigenvalue weighted by Gasteiger charge is -2.42. The SMILES string of the molecule is CC(C)(C)C1=CCOCC1.CC(C)(C)N1CC2CCC(C1)O2.CC(C)(C)N1CCOCC1.C[C@@H]1COCCN1C(C)(C)C.C[C@H]1COCCN1C(C)(C)C. The fourth-order valence-corrected chi connectivity index (χ4v) is 8.05. The van der Waals surface area contributed by atoms with Gasteiger partial charge in [0.05, 0.1) is 65.1 Å². The molecular formula is C45H90N4O5. The summed E-state index contributed by atoms with van der Waals surface area (Å²) in [5, 5.41) is 0. The third kappa shape index (κ3) is 18.3. The van der Waals surface area contributed by atoms with E-state index in [0.29, 0.717) is 51.9 Å². The second-order valence-electron chi connectivity index (χ2n) is 21.2. The normalized spacial score (nSPS) is 28.1. The van der Waals surface area contributed by atoms with Crippen LogP contribution in [-0.2, 0) is 23.7 Å². The van der Waals surface area contributed by atoms with E-state index >= 15 is 0 Å². The van der Waals surface area contributed by atoms with E-state index in [2.05, 4.69) is 143 Å². The molecule has 0 saturated carbocycles. The molecule has 0 spiro atoms. The van der Waals surface area contributed by atoms with E-state index in [0.717, 1.165) is 98.5 Å². The summed E-state index contributed by atoms with van der Waals surface area (Å²) in [6.07, 6.45) is 6.94. The van der Waals surface area contributed by atoms with Crippen LogP contribution in [-0.4, -0.2) is 158 Å². The van der Waals surface area contributed by atoms with Crippen LogP contribution in [0, 0.1) is 5.41 Å². The summed E-state index contributed by atoms with van der Waals surface area (Å²) in [5.74, 6) is 0. The molecular weight excluding hydrogens is 677 g/mol. The second-order valence-corrected chi connectivity index (χ2v) is 21.2. The first-order chi connectivity index (χ1) is 24.8. The predicted octanol–water partition coefficient (Wildman–Crippen LogP) is 8.16. The van der Waals surface area contributed by atoms with Gasteiger partial charge in [0.1, 0.15) is 0 Å². The molecule has 0 amide bonds. The minimum Gasteiger partial charge on any atom is -0.379 e. The Labute approximate surface area is 335 Å². The van der Waals surface area contributed by atoms with Crippen molar-refractivity contribution in [3.05, 3.63) is 11.6 Å². The first-order valence-corrected chi connectivity index (χ1v) is 21.5. The van der Waals surface area contributed by atoms with Crippen LogP contribution in [0.2, 0.25) is 0 Å². The van der Waals surface area contributed by atoms with Crippen molar-refractivity contribution in [3.63, 3.8) is 0 Å². The molecule has 0 aromatic rings. The lowest BCUT2D eigenvalue weighted by atomic mass is 9.84. The number of likely N-dealkylation sites (tertiary alicyclic amines) is 1. The van der Waals surface area contributed by atoms with Gasteiger partial charge < -0.3 is 23.7 Å². The van der Waals surface area contributed by atoms with Crippen LogP contribution in [0.15, 0.2) is 11.6 Å². The molecule has 5 fully saturated rings. The zero-order valence-corrected chi connectivity index (χ0v) is 38.7. The molecule has 6 heterocycles. The highest BCUT2D eigenvalue weighted by Crippen LogP contribution is 2.30. The average Bonchev–Trinajstić information content (AvgIpc) is 3.41. The zero-order chi connectivity index (χ0) is 41.0. The van der Waals surface area contributed by atoms with Crippen molar-refractivity contribution in [2.75, 3.05) is 92.1 Å². The summed E-state index contributed by atoms with van der Waals surface area (Å²) >= 11 is 0. The van der Waals surface area contributed by atoms with Crippen molar-refractivity contribution in [1.82, 2.24) is 19.6 Å². The smallest absolute Gasteiger partial charge is 0.0707 e. The first kappa shape index (κ1) is 49.5. The molecule has 6 aliphatic rings. The molecule has 0 aromatic heterocycles. The molecule has 0 aromatic carbocycles. The van der Waals surface area contributed by atoms with Gasteiger partial charge in [-0.3, -0.25) is 19.6 Å². The molecule has 54 heavy (non-hydrogen) atoms. The van der Waals surface area contributed by atoms with Crippen LogP contribution in [0.25, 0.3) is 0 Å². The summed E-state index contributed by atoms with van der Waals surface area (Å²) in [6, 6.07) is 1.15. The molecule has 5 saturated heterocycles. The largest absolute Gasteiger partial charge is 0.379 e. The maximum atomic E-state index is 5.78. The number of rotatable bonds is 0. The number of fused-ring (bicyclic) bond motifs is 2. The van der Waals surface area contributed by atoms with Crippen molar-refractivity contribution in [1.29, 1.82) is 0 Å². The van der Waals surface area contributed by atoms with Gasteiger partial charge in [-0.25, -0.2) is 0 Å². The van der Waals surface area contributed by atoms with Crippen molar-refractivity contribution < 1.29 is 23.7 Å². The van der Waals surface area contributed by atoms with E-state index in [4.69, 9.17) is 23.7 Å². The van der Waals surface area contributed by atoms with Crippen molar-refractivity contribution in [3.8, 4) is 0 Å². The van der Waals surface area contributed by atoms with Gasteiger partial charge in [-0.15, -0.1) is 0 Å². The average molecular weight is 767 g/mol.